The number of carbonyl (C=O) groups is 2. The Kier molecular flexibility index (Phi) is 7.65. The van der Waals surface area contributed by atoms with Gasteiger partial charge >= 0.3 is 0 Å². The van der Waals surface area contributed by atoms with Crippen molar-refractivity contribution in [2.24, 2.45) is 0 Å². The van der Waals surface area contributed by atoms with Crippen LogP contribution in [0.1, 0.15) is 45.3 Å². The molecule has 2 amide bonds. The topological polar surface area (TPSA) is 62.3 Å². The molecule has 30 heavy (non-hydrogen) atoms. The van der Waals surface area contributed by atoms with Gasteiger partial charge in [0.05, 0.1) is 10.7 Å². The van der Waals surface area contributed by atoms with Gasteiger partial charge in [-0.1, -0.05) is 0 Å². The summed E-state index contributed by atoms with van der Waals surface area (Å²) in [5.74, 6) is 0.636. The molecule has 0 saturated heterocycles. The number of thioether (sulfide) groups is 1. The third kappa shape index (κ3) is 5.70. The fraction of sp³-hybridized carbons (Fsp3) is 0.261. The van der Waals surface area contributed by atoms with E-state index in [1.807, 2.05) is 45.0 Å². The Labute approximate surface area is 185 Å². The largest absolute Gasteiger partial charge is 0.339 e. The van der Waals surface area contributed by atoms with Gasteiger partial charge in [-0.25, -0.2) is 4.98 Å². The van der Waals surface area contributed by atoms with Crippen LogP contribution in [0.15, 0.2) is 58.8 Å². The van der Waals surface area contributed by atoms with E-state index in [0.717, 1.165) is 21.3 Å². The minimum atomic E-state index is -0.176. The number of hydrogen-bond acceptors (Lipinski definition) is 5. The SMILES string of the molecule is CCN(CC)C(=O)c1ccc(NC(=O)c2ccc(SCc3csc(C)n3)cc2)cc1. The molecular formula is C23H25N3O2S2. The Morgan fingerprint density at radius 2 is 1.63 bits per heavy atom. The van der Waals surface area contributed by atoms with E-state index in [9.17, 15) is 9.59 Å². The number of nitrogens with zero attached hydrogens (tertiary/aromatic N) is 2. The van der Waals surface area contributed by atoms with Crippen LogP contribution in [-0.4, -0.2) is 34.8 Å². The highest BCUT2D eigenvalue weighted by atomic mass is 32.2. The van der Waals surface area contributed by atoms with Crippen molar-refractivity contribution in [3.8, 4) is 0 Å². The number of aryl methyl sites for hydroxylation is 1. The molecule has 1 aromatic heterocycles. The molecule has 0 aliphatic carbocycles. The fourth-order valence-electron chi connectivity index (χ4n) is 2.93. The number of benzene rings is 2. The summed E-state index contributed by atoms with van der Waals surface area (Å²) in [6, 6.07) is 14.6. The lowest BCUT2D eigenvalue weighted by atomic mass is 10.1. The number of carbonyl (C=O) groups excluding carboxylic acids is 2. The number of thiazole rings is 1. The first-order valence-electron chi connectivity index (χ1n) is 9.84. The quantitative estimate of drug-likeness (QED) is 0.472. The van der Waals surface area contributed by atoms with Gasteiger partial charge < -0.3 is 10.2 Å². The number of rotatable bonds is 8. The second-order valence-electron chi connectivity index (χ2n) is 6.68. The number of hydrogen-bond donors (Lipinski definition) is 1. The third-order valence-electron chi connectivity index (χ3n) is 4.61. The van der Waals surface area contributed by atoms with Crippen molar-refractivity contribution in [1.82, 2.24) is 9.88 Å². The van der Waals surface area contributed by atoms with Crippen molar-refractivity contribution < 1.29 is 9.59 Å². The normalized spacial score (nSPS) is 10.6. The smallest absolute Gasteiger partial charge is 0.255 e. The highest BCUT2D eigenvalue weighted by Gasteiger charge is 2.13. The molecule has 1 N–H and O–H groups in total. The lowest BCUT2D eigenvalue weighted by Gasteiger charge is -2.18. The van der Waals surface area contributed by atoms with Crippen LogP contribution in [0.2, 0.25) is 0 Å². The van der Waals surface area contributed by atoms with Gasteiger partial charge in [0.1, 0.15) is 0 Å². The molecular weight excluding hydrogens is 414 g/mol. The molecule has 0 atom stereocenters. The third-order valence-corrected chi connectivity index (χ3v) is 6.48. The van der Waals surface area contributed by atoms with Gasteiger partial charge in [0.25, 0.3) is 11.8 Å². The molecule has 0 fully saturated rings. The Morgan fingerprint density at radius 3 is 2.20 bits per heavy atom. The van der Waals surface area contributed by atoms with Crippen molar-refractivity contribution >= 4 is 40.6 Å². The van der Waals surface area contributed by atoms with Crippen LogP contribution in [0.25, 0.3) is 0 Å². The summed E-state index contributed by atoms with van der Waals surface area (Å²) in [5.41, 5.74) is 2.95. The van der Waals surface area contributed by atoms with E-state index < -0.39 is 0 Å². The van der Waals surface area contributed by atoms with E-state index in [1.165, 1.54) is 0 Å². The van der Waals surface area contributed by atoms with Crippen molar-refractivity contribution in [3.05, 3.63) is 75.7 Å². The molecule has 3 rings (SSSR count). The number of nitrogens with one attached hydrogen (secondary N) is 1. The van der Waals surface area contributed by atoms with Crippen LogP contribution < -0.4 is 5.32 Å². The first-order chi connectivity index (χ1) is 14.5. The van der Waals surface area contributed by atoms with E-state index in [1.54, 1.807) is 52.3 Å². The van der Waals surface area contributed by atoms with E-state index in [-0.39, 0.29) is 11.8 Å². The molecule has 2 aromatic carbocycles. The van der Waals surface area contributed by atoms with Crippen LogP contribution in [0, 0.1) is 6.92 Å². The van der Waals surface area contributed by atoms with Gasteiger partial charge in [0, 0.05) is 45.9 Å². The van der Waals surface area contributed by atoms with Crippen LogP contribution in [-0.2, 0) is 5.75 Å². The van der Waals surface area contributed by atoms with E-state index in [2.05, 4.69) is 15.7 Å². The first-order valence-corrected chi connectivity index (χ1v) is 11.7. The molecule has 5 nitrogen and oxygen atoms in total. The monoisotopic (exact) mass is 439 g/mol. The fourth-order valence-corrected chi connectivity index (χ4v) is 4.44. The molecule has 0 radical (unpaired) electrons. The van der Waals surface area contributed by atoms with Crippen LogP contribution in [0.3, 0.4) is 0 Å². The zero-order valence-electron chi connectivity index (χ0n) is 17.3. The molecule has 0 spiro atoms. The summed E-state index contributed by atoms with van der Waals surface area (Å²) in [5, 5.41) is 6.03. The number of anilines is 1. The Bertz CT molecular complexity index is 994. The zero-order chi connectivity index (χ0) is 21.5. The molecule has 0 unspecified atom stereocenters. The first kappa shape index (κ1) is 22.1. The lowest BCUT2D eigenvalue weighted by Crippen LogP contribution is -2.30. The number of amides is 2. The van der Waals surface area contributed by atoms with Crippen molar-refractivity contribution in [3.63, 3.8) is 0 Å². The molecule has 7 heteroatoms. The van der Waals surface area contributed by atoms with Gasteiger partial charge in [-0.3, -0.25) is 9.59 Å². The molecule has 0 aliphatic rings. The van der Waals surface area contributed by atoms with Crippen molar-refractivity contribution in [2.45, 2.75) is 31.4 Å². The minimum Gasteiger partial charge on any atom is -0.339 e. The zero-order valence-corrected chi connectivity index (χ0v) is 19.0. The van der Waals surface area contributed by atoms with Crippen molar-refractivity contribution in [1.29, 1.82) is 0 Å². The Balaban J connectivity index is 1.57. The second kappa shape index (κ2) is 10.4. The van der Waals surface area contributed by atoms with Gasteiger partial charge in [-0.2, -0.15) is 0 Å². The highest BCUT2D eigenvalue weighted by molar-refractivity contribution is 7.98. The van der Waals surface area contributed by atoms with Crippen LogP contribution in [0.5, 0.6) is 0 Å². The molecule has 1 heterocycles. The summed E-state index contributed by atoms with van der Waals surface area (Å²) in [7, 11) is 0. The molecule has 0 saturated carbocycles. The van der Waals surface area contributed by atoms with E-state index in [4.69, 9.17) is 0 Å². The predicted octanol–water partition coefficient (Wildman–Crippen LogP) is 5.48. The number of aromatic nitrogens is 1. The molecule has 3 aromatic rings. The summed E-state index contributed by atoms with van der Waals surface area (Å²) < 4.78 is 0. The standard InChI is InChI=1S/C23H25N3O2S2/c1-4-26(5-2)23(28)18-6-10-19(11-7-18)25-22(27)17-8-12-21(13-9-17)30-15-20-14-29-16(3)24-20/h6-14H,4-5,15H2,1-3H3,(H,25,27). The maximum absolute atomic E-state index is 12.5. The predicted molar refractivity (Wildman–Crippen MR) is 125 cm³/mol. The van der Waals surface area contributed by atoms with Crippen molar-refractivity contribution in [2.75, 3.05) is 18.4 Å². The Morgan fingerprint density at radius 1 is 1.00 bits per heavy atom. The maximum atomic E-state index is 12.5. The minimum absolute atomic E-state index is 0.00113. The van der Waals surface area contributed by atoms with Gasteiger partial charge in [0.15, 0.2) is 0 Å². The van der Waals surface area contributed by atoms with Crippen LogP contribution in [0.4, 0.5) is 5.69 Å². The van der Waals surface area contributed by atoms with Crippen LogP contribution >= 0.6 is 23.1 Å². The summed E-state index contributed by atoms with van der Waals surface area (Å²) in [6.45, 7) is 7.26. The lowest BCUT2D eigenvalue weighted by molar-refractivity contribution is 0.0773. The average Bonchev–Trinajstić information content (AvgIpc) is 3.19. The second-order valence-corrected chi connectivity index (χ2v) is 8.79. The molecule has 0 bridgehead atoms. The summed E-state index contributed by atoms with van der Waals surface area (Å²) in [4.78, 5) is 32.2. The highest BCUT2D eigenvalue weighted by Crippen LogP contribution is 2.24. The molecule has 156 valence electrons. The van der Waals surface area contributed by atoms with Gasteiger partial charge in [0.2, 0.25) is 0 Å². The van der Waals surface area contributed by atoms with E-state index >= 15 is 0 Å². The van der Waals surface area contributed by atoms with Gasteiger partial charge in [-0.15, -0.1) is 23.1 Å². The maximum Gasteiger partial charge on any atom is 0.255 e. The van der Waals surface area contributed by atoms with E-state index in [0.29, 0.717) is 29.9 Å². The Hall–Kier alpha value is -2.64. The average molecular weight is 440 g/mol. The summed E-state index contributed by atoms with van der Waals surface area (Å²) in [6.07, 6.45) is 0. The van der Waals surface area contributed by atoms with Gasteiger partial charge in [-0.05, 0) is 69.3 Å². The summed E-state index contributed by atoms with van der Waals surface area (Å²) >= 11 is 3.35. The molecule has 0 aliphatic heterocycles.